The van der Waals surface area contributed by atoms with Crippen LogP contribution in [0.15, 0.2) is 495 Å². The molecule has 0 saturated carbocycles. The number of fused-ring (bicyclic) bond motifs is 18. The Labute approximate surface area is 874 Å². The lowest BCUT2D eigenvalue weighted by Gasteiger charge is -2.27. The molecule has 0 amide bonds. The van der Waals surface area contributed by atoms with Gasteiger partial charge < -0.3 is 41.9 Å². The highest BCUT2D eigenvalue weighted by Gasteiger charge is 2.57. The summed E-state index contributed by atoms with van der Waals surface area (Å²) in [5.74, 6) is 0.680. The van der Waals surface area contributed by atoms with E-state index in [1.165, 1.54) is 76.8 Å². The maximum Gasteiger partial charge on any atom is 0.498 e. The lowest BCUT2D eigenvalue weighted by atomic mass is 9.79. The highest BCUT2D eigenvalue weighted by Crippen LogP contribution is 2.47. The molecule has 4 aromatic heterocycles. The van der Waals surface area contributed by atoms with Gasteiger partial charge in [-0.15, -0.1) is 0 Å². The summed E-state index contributed by atoms with van der Waals surface area (Å²) in [6.45, 7) is 10.1. The summed E-state index contributed by atoms with van der Waals surface area (Å²) in [7, 11) is 1.21. The number of carbonyl (C=O) groups is 1. The van der Waals surface area contributed by atoms with Gasteiger partial charge in [-0.1, -0.05) is 378 Å². The quantitative estimate of drug-likeness (QED) is 0.0518. The highest BCUT2D eigenvalue weighted by atomic mass is 79.9. The van der Waals surface area contributed by atoms with Gasteiger partial charge in [-0.25, -0.2) is 0 Å². The zero-order valence-electron chi connectivity index (χ0n) is 80.6. The second-order valence-electron chi connectivity index (χ2n) is 36.9. The molecule has 10 nitrogen and oxygen atoms in total. The van der Waals surface area contributed by atoms with Crippen LogP contribution in [0.1, 0.15) is 31.1 Å². The van der Waals surface area contributed by atoms with Crippen molar-refractivity contribution < 1.29 is 36.5 Å². The zero-order valence-corrected chi connectivity index (χ0v) is 84.5. The van der Waals surface area contributed by atoms with Crippen molar-refractivity contribution in [2.45, 2.75) is 32.0 Å². The summed E-state index contributed by atoms with van der Waals surface area (Å²) in [5.41, 5.74) is 24.8. The van der Waals surface area contributed by atoms with Crippen molar-refractivity contribution >= 4 is 229 Å². The van der Waals surface area contributed by atoms with E-state index in [0.29, 0.717) is 21.4 Å². The van der Waals surface area contributed by atoms with Crippen LogP contribution in [0.25, 0.3) is 186 Å². The molecule has 15 heteroatoms. The summed E-state index contributed by atoms with van der Waals surface area (Å²) in [5, 5.41) is 23.8. The predicted molar refractivity (Wildman–Crippen MR) is 619 cm³/mol. The Morgan fingerprint density at radius 2 is 0.660 bits per heavy atom. The molecule has 1 aliphatic heterocycles. The standard InChI is InChI=1S/C44H29NO.C24H19N.C20H11ClO.C19H13ClO2.C18H18BO3.C7H4BrClO/c1-3-10-30(11-4-1)32-18-23-35(24-19-32)45(36-25-20-33(21-26-36)31-12-5-2-6-13-31)42-16-9-15-37-38(42)27-22-34-28-41-39-14-7-8-17-43(39)46-44(41)29-40(34)37;1-3-7-19(8-4-1)21-11-15-23(16-12-21)25-24-17-13-22(14-18-24)20-9-5-2-6-10-20;21-18-6-3-5-13-14(18)9-8-12-10-17-15-4-1-2-7-19(15)22-20(17)11-16(12)13;1-21-19-13(6-4-7-16(19)20)12-9-10-15-14-5-2-3-8-17(14)22-18(15)11-12;1-17(2)18(3,4)22-19(21-17)12-9-10-14-13-7-5-6-8-15(13)20-16(14)11-12;8-6-2-1-3-7(9)5(6)4-10/h1-29H;1-18,25H;1-11H;2-11H,1H3;5-11H,1H2,2-4H3;1-4H/q;;;;+1;. The molecule has 1 saturated heterocycles. The van der Waals surface area contributed by atoms with E-state index in [0.717, 1.165) is 159 Å². The third kappa shape index (κ3) is 19.7. The third-order valence-corrected chi connectivity index (χ3v) is 29.0. The molecule has 22 aromatic carbocycles. The minimum atomic E-state index is -0.583. The van der Waals surface area contributed by atoms with Gasteiger partial charge in [-0.05, 0) is 247 Å². The van der Waals surface area contributed by atoms with Crippen LogP contribution in [0.3, 0.4) is 0 Å². The lowest BCUT2D eigenvalue weighted by Crippen LogP contribution is -2.42. The van der Waals surface area contributed by atoms with E-state index in [9.17, 15) is 4.79 Å². The molecule has 26 aromatic rings. The Morgan fingerprint density at radius 1 is 0.306 bits per heavy atom. The Bertz CT molecular complexity index is 9130. The maximum absolute atomic E-state index is 10.3. The number of carbonyl (C=O) groups excluding carboxylic acids is 1. The smallest absolute Gasteiger partial charge is 0.495 e. The van der Waals surface area contributed by atoms with Gasteiger partial charge in [0.2, 0.25) is 5.60 Å². The molecule has 1 N–H and O–H groups in total. The Balaban J connectivity index is 0.000000106. The van der Waals surface area contributed by atoms with Crippen molar-refractivity contribution in [2.75, 3.05) is 17.3 Å². The number of nitrogens with zero attached hydrogens (tertiary/aromatic N) is 1. The van der Waals surface area contributed by atoms with Crippen LogP contribution in [-0.4, -0.2) is 31.7 Å². The van der Waals surface area contributed by atoms with Crippen LogP contribution in [-0.2, 0) is 9.31 Å². The van der Waals surface area contributed by atoms with Gasteiger partial charge in [0.25, 0.3) is 0 Å². The van der Waals surface area contributed by atoms with E-state index in [1.54, 1.807) is 25.3 Å². The normalized spacial score (nSPS) is 13.1. The molecule has 0 bridgehead atoms. The van der Waals surface area contributed by atoms with Gasteiger partial charge in [-0.3, -0.25) is 4.79 Å². The summed E-state index contributed by atoms with van der Waals surface area (Å²) < 4.78 is 42.4. The summed E-state index contributed by atoms with van der Waals surface area (Å²) >= 11 is 21.4. The number of aldehydes is 1. The predicted octanol–water partition coefficient (Wildman–Crippen LogP) is 38.5. The average molecular weight is 2030 g/mol. The fourth-order valence-corrected chi connectivity index (χ4v) is 20.5. The zero-order chi connectivity index (χ0) is 100. The summed E-state index contributed by atoms with van der Waals surface area (Å²) in [4.78, 5) is 12.7. The van der Waals surface area contributed by atoms with Crippen LogP contribution in [0.5, 0.6) is 5.75 Å². The molecule has 1 atom stereocenters. The van der Waals surface area contributed by atoms with Crippen LogP contribution in [0, 0.1) is 6.92 Å². The van der Waals surface area contributed by atoms with Crippen molar-refractivity contribution in [1.29, 1.82) is 0 Å². The summed E-state index contributed by atoms with van der Waals surface area (Å²) in [6.07, 6.45) is 0.729. The van der Waals surface area contributed by atoms with E-state index in [2.05, 4.69) is 361 Å². The SMILES string of the molecule is COc1c(Cl)cccc1-c1ccc2c(c1)oc1ccccc12.Clc1cccc2c1ccc1cc3c(cc12)oc1ccccc13.O=Cc1c(Cl)cccc1Br.[CH2+]C1(C)OB(c2ccc3c(c2)oc2ccccc23)OC1(C)C.c1ccc(-c2ccc(N(c3ccc(-c4ccccc4)cc3)c3cccc4c3ccc3cc5c(cc34)oc3ccccc35)cc2)cc1.c1ccc(-c2ccc(Nc3ccc(-c4ccccc4)cc3)cc2)cc1. The number of rotatable bonds is 13. The number of halogens is 4. The second kappa shape index (κ2) is 41.6. The van der Waals surface area contributed by atoms with Gasteiger partial charge in [-0.2, -0.15) is 0 Å². The Hall–Kier alpha value is -16.6. The molecular formula is C132H94BBrCl3N2O8+. The first-order valence-corrected chi connectivity index (χ1v) is 50.5. The Morgan fingerprint density at radius 3 is 1.10 bits per heavy atom. The maximum atomic E-state index is 10.3. The van der Waals surface area contributed by atoms with Gasteiger partial charge in [0, 0.05) is 104 Å². The minimum Gasteiger partial charge on any atom is -0.495 e. The van der Waals surface area contributed by atoms with Gasteiger partial charge in [0.1, 0.15) is 56.0 Å². The number of anilines is 5. The molecule has 27 rings (SSSR count). The molecular weight excluding hydrogens is 1940 g/mol. The number of methoxy groups -OCH3 is 1. The molecule has 1 fully saturated rings. The van der Waals surface area contributed by atoms with Crippen molar-refractivity contribution in [3.8, 4) is 61.4 Å². The van der Waals surface area contributed by atoms with Gasteiger partial charge in [0.05, 0.1) is 29.8 Å². The number of hydrogen-bond acceptors (Lipinski definition) is 10. The molecule has 0 aliphatic carbocycles. The molecule has 1 aliphatic rings. The van der Waals surface area contributed by atoms with Gasteiger partial charge in [0.15, 0.2) is 6.29 Å². The number of ether oxygens (including phenoxy) is 1. The second-order valence-corrected chi connectivity index (χ2v) is 39.0. The van der Waals surface area contributed by atoms with E-state index in [-0.39, 0.29) is 0 Å². The van der Waals surface area contributed by atoms with E-state index < -0.39 is 18.3 Å². The monoisotopic (exact) mass is 2030 g/mol. The molecule has 0 radical (unpaired) electrons. The first kappa shape index (κ1) is 95.2. The fourth-order valence-electron chi connectivity index (χ4n) is 19.3. The van der Waals surface area contributed by atoms with Crippen molar-refractivity contribution in [2.24, 2.45) is 0 Å². The first-order valence-electron chi connectivity index (χ1n) is 48.5. The van der Waals surface area contributed by atoms with Crippen LogP contribution in [0.2, 0.25) is 15.1 Å². The van der Waals surface area contributed by atoms with E-state index in [1.807, 2.05) is 148 Å². The third-order valence-electron chi connectivity index (χ3n) is 27.3. The topological polar surface area (TPSA) is 113 Å². The molecule has 0 spiro atoms. The van der Waals surface area contributed by atoms with Gasteiger partial charge >= 0.3 is 7.12 Å². The molecule has 147 heavy (non-hydrogen) atoms. The molecule has 5 heterocycles. The number of para-hydroxylation sites is 5. The van der Waals surface area contributed by atoms with Crippen LogP contribution < -0.4 is 20.4 Å². The largest absolute Gasteiger partial charge is 0.498 e. The molecule has 1 unspecified atom stereocenters. The van der Waals surface area contributed by atoms with E-state index >= 15 is 0 Å². The van der Waals surface area contributed by atoms with Crippen molar-refractivity contribution in [1.82, 2.24) is 0 Å². The fraction of sp³-hybridized carbons (Fsp3) is 0.0455. The highest BCUT2D eigenvalue weighted by molar-refractivity contribution is 9.10. The van der Waals surface area contributed by atoms with Crippen LogP contribution >= 0.6 is 50.7 Å². The first-order chi connectivity index (χ1) is 71.9. The average Bonchev–Trinajstić information content (AvgIpc) is 1.49. The number of furan rings is 4. The van der Waals surface area contributed by atoms with Crippen molar-refractivity contribution in [3.05, 3.63) is 505 Å². The van der Waals surface area contributed by atoms with Crippen molar-refractivity contribution in [3.63, 3.8) is 0 Å². The van der Waals surface area contributed by atoms with E-state index in [4.69, 9.17) is 66.5 Å². The Kier molecular flexibility index (Phi) is 26.9. The number of benzene rings is 22. The summed E-state index contributed by atoms with van der Waals surface area (Å²) in [6, 6.07) is 163. The lowest BCUT2D eigenvalue weighted by molar-refractivity contribution is 0.0262. The van der Waals surface area contributed by atoms with Crippen LogP contribution in [0.4, 0.5) is 28.4 Å². The number of hydrogen-bond donors (Lipinski definition) is 1. The number of nitrogens with one attached hydrogen (secondary N) is 1. The molecule has 710 valence electrons. The minimum absolute atomic E-state index is 0.421.